The lowest BCUT2D eigenvalue weighted by Gasteiger charge is -2.16. The Hall–Kier alpha value is -1.36. The van der Waals surface area contributed by atoms with Crippen molar-refractivity contribution < 1.29 is 14.7 Å². The molecule has 2 N–H and O–H groups in total. The molecule has 1 amide bonds. The molecule has 18 heavy (non-hydrogen) atoms. The molecule has 0 bridgehead atoms. The monoisotopic (exact) mass is 269 g/mol. The molecule has 0 spiro atoms. The fourth-order valence-corrected chi connectivity index (χ4v) is 2.57. The molecule has 0 unspecified atom stereocenters. The second-order valence-corrected chi connectivity index (χ2v) is 6.15. The topological polar surface area (TPSA) is 66.4 Å². The van der Waals surface area contributed by atoms with E-state index < -0.39 is 12.0 Å². The van der Waals surface area contributed by atoms with E-state index in [1.807, 2.05) is 32.9 Å². The lowest BCUT2D eigenvalue weighted by Crippen LogP contribution is -2.42. The summed E-state index contributed by atoms with van der Waals surface area (Å²) < 4.78 is 0. The van der Waals surface area contributed by atoms with Crippen LogP contribution in [0.5, 0.6) is 0 Å². The van der Waals surface area contributed by atoms with Crippen molar-refractivity contribution >= 4 is 23.2 Å². The van der Waals surface area contributed by atoms with Crippen LogP contribution >= 0.6 is 11.3 Å². The second-order valence-electron chi connectivity index (χ2n) is 4.78. The third kappa shape index (κ3) is 4.87. The first-order chi connectivity index (χ1) is 8.38. The van der Waals surface area contributed by atoms with Gasteiger partial charge in [0, 0.05) is 9.75 Å². The minimum Gasteiger partial charge on any atom is -0.480 e. The fraction of sp³-hybridized carbons (Fsp3) is 0.538. The van der Waals surface area contributed by atoms with Crippen molar-refractivity contribution in [2.75, 3.05) is 0 Å². The Bertz CT molecular complexity index is 426. The molecule has 1 aromatic rings. The van der Waals surface area contributed by atoms with Gasteiger partial charge in [0.2, 0.25) is 5.91 Å². The van der Waals surface area contributed by atoms with Gasteiger partial charge in [-0.3, -0.25) is 4.79 Å². The van der Waals surface area contributed by atoms with Gasteiger partial charge in [-0.1, -0.05) is 13.8 Å². The van der Waals surface area contributed by atoms with Crippen molar-refractivity contribution in [1.29, 1.82) is 0 Å². The Morgan fingerprint density at radius 2 is 2.06 bits per heavy atom. The molecule has 5 heteroatoms. The standard InChI is InChI=1S/C13H19NO3S/c1-8(2)6-11(13(16)17)14-12(15)7-10-5-4-9(3)18-10/h4-5,8,11H,6-7H2,1-3H3,(H,14,15)(H,16,17)/t11-/m1/s1. The number of carbonyl (C=O) groups excluding carboxylic acids is 1. The van der Waals surface area contributed by atoms with Crippen LogP contribution in [-0.2, 0) is 16.0 Å². The average Bonchev–Trinajstić information content (AvgIpc) is 2.62. The van der Waals surface area contributed by atoms with Crippen molar-refractivity contribution in [2.24, 2.45) is 5.92 Å². The zero-order valence-corrected chi connectivity index (χ0v) is 11.7. The van der Waals surface area contributed by atoms with E-state index >= 15 is 0 Å². The minimum absolute atomic E-state index is 0.232. The number of aliphatic carboxylic acids is 1. The van der Waals surface area contributed by atoms with Gasteiger partial charge in [-0.05, 0) is 31.4 Å². The number of hydrogen-bond donors (Lipinski definition) is 2. The summed E-state index contributed by atoms with van der Waals surface area (Å²) in [4.78, 5) is 24.9. The van der Waals surface area contributed by atoms with Crippen molar-refractivity contribution in [3.63, 3.8) is 0 Å². The van der Waals surface area contributed by atoms with E-state index in [1.54, 1.807) is 11.3 Å². The maximum atomic E-state index is 11.8. The van der Waals surface area contributed by atoms with Crippen LogP contribution in [0.25, 0.3) is 0 Å². The van der Waals surface area contributed by atoms with Gasteiger partial charge in [-0.25, -0.2) is 4.79 Å². The molecule has 1 heterocycles. The van der Waals surface area contributed by atoms with Crippen LogP contribution in [0.3, 0.4) is 0 Å². The van der Waals surface area contributed by atoms with E-state index in [-0.39, 0.29) is 18.2 Å². The smallest absolute Gasteiger partial charge is 0.326 e. The van der Waals surface area contributed by atoms with Gasteiger partial charge in [0.05, 0.1) is 6.42 Å². The molecule has 1 aromatic heterocycles. The SMILES string of the molecule is Cc1ccc(CC(=O)N[C@H](CC(C)C)C(=O)O)s1. The first-order valence-electron chi connectivity index (χ1n) is 5.96. The summed E-state index contributed by atoms with van der Waals surface area (Å²) in [6, 6.07) is 3.06. The van der Waals surface area contributed by atoms with Crippen LogP contribution in [0.1, 0.15) is 30.0 Å². The summed E-state index contributed by atoms with van der Waals surface area (Å²) in [6.45, 7) is 5.85. The molecule has 0 fully saturated rings. The molecular formula is C13H19NO3S. The third-order valence-electron chi connectivity index (χ3n) is 2.47. The Morgan fingerprint density at radius 3 is 2.50 bits per heavy atom. The predicted molar refractivity (Wildman–Crippen MR) is 71.8 cm³/mol. The molecule has 4 nitrogen and oxygen atoms in total. The number of carbonyl (C=O) groups is 2. The maximum absolute atomic E-state index is 11.8. The Labute approximate surface area is 111 Å². The highest BCUT2D eigenvalue weighted by Crippen LogP contribution is 2.15. The molecule has 0 aromatic carbocycles. The van der Waals surface area contributed by atoms with Gasteiger partial charge in [0.15, 0.2) is 0 Å². The highest BCUT2D eigenvalue weighted by molar-refractivity contribution is 7.12. The number of hydrogen-bond acceptors (Lipinski definition) is 3. The number of rotatable bonds is 6. The van der Waals surface area contributed by atoms with Gasteiger partial charge < -0.3 is 10.4 Å². The van der Waals surface area contributed by atoms with Gasteiger partial charge >= 0.3 is 5.97 Å². The van der Waals surface area contributed by atoms with Crippen molar-refractivity contribution in [1.82, 2.24) is 5.32 Å². The van der Waals surface area contributed by atoms with E-state index in [1.165, 1.54) is 0 Å². The van der Waals surface area contributed by atoms with Gasteiger partial charge in [-0.2, -0.15) is 0 Å². The van der Waals surface area contributed by atoms with E-state index in [2.05, 4.69) is 5.32 Å². The van der Waals surface area contributed by atoms with Crippen LogP contribution in [0.15, 0.2) is 12.1 Å². The second kappa shape index (κ2) is 6.54. The van der Waals surface area contributed by atoms with Crippen LogP contribution < -0.4 is 5.32 Å². The van der Waals surface area contributed by atoms with Crippen molar-refractivity contribution in [2.45, 2.75) is 39.7 Å². The van der Waals surface area contributed by atoms with Crippen LogP contribution in [0.4, 0.5) is 0 Å². The normalized spacial score (nSPS) is 12.4. The number of carboxylic acids is 1. The van der Waals surface area contributed by atoms with Crippen LogP contribution in [0, 0.1) is 12.8 Å². The molecule has 0 aliphatic rings. The van der Waals surface area contributed by atoms with E-state index in [4.69, 9.17) is 5.11 Å². The molecule has 1 rings (SSSR count). The van der Waals surface area contributed by atoms with Crippen LogP contribution in [-0.4, -0.2) is 23.0 Å². The van der Waals surface area contributed by atoms with Crippen molar-refractivity contribution in [3.05, 3.63) is 21.9 Å². The summed E-state index contributed by atoms with van der Waals surface area (Å²) in [5.74, 6) is -0.973. The zero-order valence-electron chi connectivity index (χ0n) is 10.9. The van der Waals surface area contributed by atoms with E-state index in [0.717, 1.165) is 9.75 Å². The third-order valence-corrected chi connectivity index (χ3v) is 3.47. The number of thiophene rings is 1. The summed E-state index contributed by atoms with van der Waals surface area (Å²) in [6.07, 6.45) is 0.699. The summed E-state index contributed by atoms with van der Waals surface area (Å²) in [5.41, 5.74) is 0. The molecule has 1 atom stereocenters. The molecular weight excluding hydrogens is 250 g/mol. The summed E-state index contributed by atoms with van der Waals surface area (Å²) >= 11 is 1.56. The molecule has 0 aliphatic heterocycles. The van der Waals surface area contributed by atoms with Gasteiger partial charge in [0.25, 0.3) is 0 Å². The number of nitrogens with one attached hydrogen (secondary N) is 1. The zero-order chi connectivity index (χ0) is 13.7. The molecule has 0 saturated heterocycles. The minimum atomic E-state index is -0.973. The first-order valence-corrected chi connectivity index (χ1v) is 6.77. The summed E-state index contributed by atoms with van der Waals surface area (Å²) in [5, 5.41) is 11.6. The highest BCUT2D eigenvalue weighted by atomic mass is 32.1. The summed E-state index contributed by atoms with van der Waals surface area (Å²) in [7, 11) is 0. The Morgan fingerprint density at radius 1 is 1.39 bits per heavy atom. The largest absolute Gasteiger partial charge is 0.480 e. The maximum Gasteiger partial charge on any atom is 0.326 e. The first kappa shape index (κ1) is 14.7. The Balaban J connectivity index is 2.53. The molecule has 100 valence electrons. The number of aryl methyl sites for hydroxylation is 1. The predicted octanol–water partition coefficient (Wildman–Crippen LogP) is 2.21. The van der Waals surface area contributed by atoms with Crippen LogP contribution in [0.2, 0.25) is 0 Å². The van der Waals surface area contributed by atoms with Crippen molar-refractivity contribution in [3.8, 4) is 0 Å². The fourth-order valence-electron chi connectivity index (χ4n) is 1.68. The lowest BCUT2D eigenvalue weighted by atomic mass is 10.0. The van der Waals surface area contributed by atoms with Gasteiger partial charge in [0.1, 0.15) is 6.04 Å². The van der Waals surface area contributed by atoms with E-state index in [0.29, 0.717) is 6.42 Å². The highest BCUT2D eigenvalue weighted by Gasteiger charge is 2.21. The quantitative estimate of drug-likeness (QED) is 0.832. The number of amides is 1. The molecule has 0 aliphatic carbocycles. The molecule has 0 radical (unpaired) electrons. The van der Waals surface area contributed by atoms with Gasteiger partial charge in [-0.15, -0.1) is 11.3 Å². The number of carboxylic acid groups (broad SMARTS) is 1. The lowest BCUT2D eigenvalue weighted by molar-refractivity contribution is -0.142. The molecule has 0 saturated carbocycles. The van der Waals surface area contributed by atoms with E-state index in [9.17, 15) is 9.59 Å². The Kier molecular flexibility index (Phi) is 5.34. The average molecular weight is 269 g/mol.